The summed E-state index contributed by atoms with van der Waals surface area (Å²) in [6, 6.07) is 6.11. The summed E-state index contributed by atoms with van der Waals surface area (Å²) in [5.74, 6) is 0.0109. The number of amides is 1. The Hall–Kier alpha value is -1.95. The SMILES string of the molecule is CC(C)C(N)CNC(=O)Cc1ccccc1[N+](=O)[O-]. The number of rotatable bonds is 6. The molecular formula is C13H19N3O3. The van der Waals surface area contributed by atoms with E-state index in [0.29, 0.717) is 12.1 Å². The van der Waals surface area contributed by atoms with Crippen LogP contribution in [-0.2, 0) is 11.2 Å². The summed E-state index contributed by atoms with van der Waals surface area (Å²) in [5, 5.41) is 13.5. The Morgan fingerprint density at radius 2 is 2.05 bits per heavy atom. The Morgan fingerprint density at radius 1 is 1.42 bits per heavy atom. The van der Waals surface area contributed by atoms with E-state index in [9.17, 15) is 14.9 Å². The number of carbonyl (C=O) groups is 1. The number of benzene rings is 1. The molecule has 6 nitrogen and oxygen atoms in total. The van der Waals surface area contributed by atoms with Crippen molar-refractivity contribution in [2.24, 2.45) is 11.7 Å². The molecule has 0 radical (unpaired) electrons. The molecule has 0 aliphatic heterocycles. The molecule has 0 spiro atoms. The van der Waals surface area contributed by atoms with Crippen molar-refractivity contribution in [1.29, 1.82) is 0 Å². The van der Waals surface area contributed by atoms with Gasteiger partial charge in [-0.15, -0.1) is 0 Å². The van der Waals surface area contributed by atoms with Gasteiger partial charge >= 0.3 is 0 Å². The van der Waals surface area contributed by atoms with E-state index in [1.807, 2.05) is 13.8 Å². The molecule has 0 bridgehead atoms. The van der Waals surface area contributed by atoms with Gasteiger partial charge < -0.3 is 11.1 Å². The smallest absolute Gasteiger partial charge is 0.273 e. The first-order valence-electron chi connectivity index (χ1n) is 6.16. The minimum Gasteiger partial charge on any atom is -0.354 e. The van der Waals surface area contributed by atoms with E-state index >= 15 is 0 Å². The first-order chi connectivity index (χ1) is 8.91. The number of nitro benzene ring substituents is 1. The van der Waals surface area contributed by atoms with Gasteiger partial charge in [0.25, 0.3) is 5.69 Å². The van der Waals surface area contributed by atoms with E-state index in [-0.39, 0.29) is 30.0 Å². The molecule has 1 atom stereocenters. The minimum atomic E-state index is -0.484. The van der Waals surface area contributed by atoms with Gasteiger partial charge in [0.2, 0.25) is 5.91 Å². The van der Waals surface area contributed by atoms with Gasteiger partial charge in [-0.25, -0.2) is 0 Å². The van der Waals surface area contributed by atoms with E-state index in [0.717, 1.165) is 0 Å². The molecule has 0 fully saturated rings. The molecule has 6 heteroatoms. The highest BCUT2D eigenvalue weighted by Crippen LogP contribution is 2.17. The quantitative estimate of drug-likeness (QED) is 0.597. The zero-order valence-corrected chi connectivity index (χ0v) is 11.1. The summed E-state index contributed by atoms with van der Waals surface area (Å²) >= 11 is 0. The van der Waals surface area contributed by atoms with Gasteiger partial charge in [0.1, 0.15) is 0 Å². The van der Waals surface area contributed by atoms with Crippen LogP contribution >= 0.6 is 0 Å². The van der Waals surface area contributed by atoms with Gasteiger partial charge in [-0.05, 0) is 5.92 Å². The lowest BCUT2D eigenvalue weighted by Gasteiger charge is -2.16. The number of hydrogen-bond donors (Lipinski definition) is 2. The van der Waals surface area contributed by atoms with Crippen LogP contribution in [0.15, 0.2) is 24.3 Å². The highest BCUT2D eigenvalue weighted by atomic mass is 16.6. The molecule has 0 saturated carbocycles. The zero-order valence-electron chi connectivity index (χ0n) is 11.1. The van der Waals surface area contributed by atoms with Gasteiger partial charge in [0.15, 0.2) is 0 Å². The third-order valence-corrected chi connectivity index (χ3v) is 2.93. The number of carbonyl (C=O) groups excluding carboxylic acids is 1. The van der Waals surface area contributed by atoms with Crippen LogP contribution < -0.4 is 11.1 Å². The molecule has 3 N–H and O–H groups in total. The van der Waals surface area contributed by atoms with E-state index in [2.05, 4.69) is 5.32 Å². The number of nitrogens with zero attached hydrogens (tertiary/aromatic N) is 1. The number of nitrogens with two attached hydrogens (primary N) is 1. The number of nitrogens with one attached hydrogen (secondary N) is 1. The third-order valence-electron chi connectivity index (χ3n) is 2.93. The molecule has 1 aromatic carbocycles. The molecule has 0 aromatic heterocycles. The predicted molar refractivity (Wildman–Crippen MR) is 72.6 cm³/mol. The van der Waals surface area contributed by atoms with Gasteiger partial charge in [-0.3, -0.25) is 14.9 Å². The molecular weight excluding hydrogens is 246 g/mol. The van der Waals surface area contributed by atoms with Crippen LogP contribution in [0.1, 0.15) is 19.4 Å². The summed E-state index contributed by atoms with van der Waals surface area (Å²) in [4.78, 5) is 22.1. The monoisotopic (exact) mass is 265 g/mol. The standard InChI is InChI=1S/C13H19N3O3/c1-9(2)11(14)8-15-13(17)7-10-5-3-4-6-12(10)16(18)19/h3-6,9,11H,7-8,14H2,1-2H3,(H,15,17). The average molecular weight is 265 g/mol. The van der Waals surface area contributed by atoms with Crippen LogP contribution in [-0.4, -0.2) is 23.4 Å². The Morgan fingerprint density at radius 3 is 2.63 bits per heavy atom. The molecule has 1 amide bonds. The lowest BCUT2D eigenvalue weighted by atomic mass is 10.1. The van der Waals surface area contributed by atoms with Crippen molar-refractivity contribution in [1.82, 2.24) is 5.32 Å². The van der Waals surface area contributed by atoms with Crippen LogP contribution in [0.4, 0.5) is 5.69 Å². The molecule has 0 saturated heterocycles. The van der Waals surface area contributed by atoms with Crippen molar-refractivity contribution < 1.29 is 9.72 Å². The van der Waals surface area contributed by atoms with Crippen LogP contribution in [0.5, 0.6) is 0 Å². The third kappa shape index (κ3) is 4.67. The summed E-state index contributed by atoms with van der Waals surface area (Å²) in [7, 11) is 0. The van der Waals surface area contributed by atoms with Crippen molar-refractivity contribution in [3.05, 3.63) is 39.9 Å². The Labute approximate surface area is 112 Å². The maximum absolute atomic E-state index is 11.7. The molecule has 1 rings (SSSR count). The molecule has 0 heterocycles. The predicted octanol–water partition coefficient (Wildman–Crippen LogP) is 1.24. The van der Waals surface area contributed by atoms with Crippen molar-refractivity contribution in [2.45, 2.75) is 26.3 Å². The largest absolute Gasteiger partial charge is 0.354 e. The highest BCUT2D eigenvalue weighted by molar-refractivity contribution is 5.79. The summed E-state index contributed by atoms with van der Waals surface area (Å²) in [6.07, 6.45) is -0.0119. The topological polar surface area (TPSA) is 98.3 Å². The Bertz CT molecular complexity index is 460. The minimum absolute atomic E-state index is 0.0119. The van der Waals surface area contributed by atoms with Gasteiger partial charge in [-0.1, -0.05) is 32.0 Å². The first-order valence-corrected chi connectivity index (χ1v) is 6.16. The summed E-state index contributed by atoms with van der Waals surface area (Å²) in [5.41, 5.74) is 6.18. The average Bonchev–Trinajstić information content (AvgIpc) is 2.36. The fourth-order valence-corrected chi connectivity index (χ4v) is 1.54. The Kier molecular flexibility index (Phi) is 5.44. The fraction of sp³-hybridized carbons (Fsp3) is 0.462. The van der Waals surface area contributed by atoms with Crippen LogP contribution in [0.25, 0.3) is 0 Å². The van der Waals surface area contributed by atoms with Crippen molar-refractivity contribution >= 4 is 11.6 Å². The number of nitro groups is 1. The van der Waals surface area contributed by atoms with Crippen molar-refractivity contribution in [3.63, 3.8) is 0 Å². The second-order valence-electron chi connectivity index (χ2n) is 4.77. The maximum Gasteiger partial charge on any atom is 0.273 e. The molecule has 1 unspecified atom stereocenters. The lowest BCUT2D eigenvalue weighted by Crippen LogP contribution is -2.40. The first kappa shape index (κ1) is 15.1. The zero-order chi connectivity index (χ0) is 14.4. The van der Waals surface area contributed by atoms with Crippen LogP contribution in [0.2, 0.25) is 0 Å². The van der Waals surface area contributed by atoms with Gasteiger partial charge in [0.05, 0.1) is 11.3 Å². The lowest BCUT2D eigenvalue weighted by molar-refractivity contribution is -0.385. The molecule has 0 aliphatic carbocycles. The van der Waals surface area contributed by atoms with Gasteiger partial charge in [-0.2, -0.15) is 0 Å². The fourth-order valence-electron chi connectivity index (χ4n) is 1.54. The molecule has 104 valence electrons. The number of hydrogen-bond acceptors (Lipinski definition) is 4. The van der Waals surface area contributed by atoms with Gasteiger partial charge in [0, 0.05) is 24.2 Å². The van der Waals surface area contributed by atoms with Crippen molar-refractivity contribution in [2.75, 3.05) is 6.54 Å². The summed E-state index contributed by atoms with van der Waals surface area (Å²) < 4.78 is 0. The van der Waals surface area contributed by atoms with E-state index < -0.39 is 4.92 Å². The Balaban J connectivity index is 2.60. The van der Waals surface area contributed by atoms with Crippen LogP contribution in [0, 0.1) is 16.0 Å². The second kappa shape index (κ2) is 6.84. The van der Waals surface area contributed by atoms with E-state index in [1.165, 1.54) is 6.07 Å². The number of para-hydroxylation sites is 1. The van der Waals surface area contributed by atoms with Crippen molar-refractivity contribution in [3.8, 4) is 0 Å². The van der Waals surface area contributed by atoms with E-state index in [1.54, 1.807) is 18.2 Å². The second-order valence-corrected chi connectivity index (χ2v) is 4.77. The van der Waals surface area contributed by atoms with Crippen LogP contribution in [0.3, 0.4) is 0 Å². The maximum atomic E-state index is 11.7. The molecule has 0 aliphatic rings. The molecule has 19 heavy (non-hydrogen) atoms. The highest BCUT2D eigenvalue weighted by Gasteiger charge is 2.16. The normalized spacial score (nSPS) is 12.2. The van der Waals surface area contributed by atoms with E-state index in [4.69, 9.17) is 5.73 Å². The molecule has 1 aromatic rings. The summed E-state index contributed by atoms with van der Waals surface area (Å²) in [6.45, 7) is 4.31.